The molecule has 0 saturated carbocycles. The Kier molecular flexibility index (Phi) is 9.37. The fourth-order valence-electron chi connectivity index (χ4n) is 2.01. The maximum Gasteiger partial charge on any atom is 0.488 e. The van der Waals surface area contributed by atoms with E-state index in [0.29, 0.717) is 5.82 Å². The van der Waals surface area contributed by atoms with Crippen LogP contribution in [0, 0.1) is 5.92 Å². The largest absolute Gasteiger partial charge is 0.488 e. The highest BCUT2D eigenvalue weighted by molar-refractivity contribution is 7.69. The zero-order valence-electron chi connectivity index (χ0n) is 15.0. The number of aromatic nitrogens is 2. The van der Waals surface area contributed by atoms with Gasteiger partial charge in [-0.3, -0.25) is 9.13 Å². The van der Waals surface area contributed by atoms with Crippen molar-refractivity contribution in [3.63, 3.8) is 0 Å². The standard InChI is InChI=1S/C12H19ClN3O11P3/c1-8(13)9(2-3-11(17)16-6-4-10(14)15-12(16)18)5-7-28(19,20)26-30(24,25)27-29(21,22)23/h4-7,9,11,17H,1-3H2,(H,19,20)(H,24,25)(H2,14,15,18)(H2,21,22,23). The van der Waals surface area contributed by atoms with E-state index >= 15 is 0 Å². The van der Waals surface area contributed by atoms with E-state index in [1.807, 2.05) is 0 Å². The quantitative estimate of drug-likeness (QED) is 0.232. The van der Waals surface area contributed by atoms with Gasteiger partial charge in [-0.1, -0.05) is 24.3 Å². The minimum atomic E-state index is -5.58. The van der Waals surface area contributed by atoms with Gasteiger partial charge >= 0.3 is 28.9 Å². The molecule has 4 unspecified atom stereocenters. The van der Waals surface area contributed by atoms with Crippen molar-refractivity contribution in [2.45, 2.75) is 19.1 Å². The Hall–Kier alpha value is -1.14. The lowest BCUT2D eigenvalue weighted by Gasteiger charge is -2.17. The molecule has 0 aromatic carbocycles. The number of phosphoric acid groups is 2. The Bertz CT molecular complexity index is 1010. The molecule has 0 saturated heterocycles. The summed E-state index contributed by atoms with van der Waals surface area (Å²) in [6.07, 6.45) is 0.731. The maximum atomic E-state index is 11.9. The molecule has 1 rings (SSSR count). The summed E-state index contributed by atoms with van der Waals surface area (Å²) in [6.45, 7) is 3.45. The molecule has 0 amide bonds. The van der Waals surface area contributed by atoms with E-state index in [2.05, 4.69) is 20.2 Å². The molecular formula is C12H19ClN3O11P3. The molecule has 14 nitrogen and oxygen atoms in total. The Morgan fingerprint density at radius 2 is 1.87 bits per heavy atom. The smallest absolute Gasteiger partial charge is 0.383 e. The number of nitrogens with zero attached hydrogens (tertiary/aromatic N) is 2. The molecule has 30 heavy (non-hydrogen) atoms. The van der Waals surface area contributed by atoms with Gasteiger partial charge in [0.05, 0.1) is 0 Å². The van der Waals surface area contributed by atoms with Gasteiger partial charge < -0.3 is 30.4 Å². The molecule has 170 valence electrons. The van der Waals surface area contributed by atoms with Gasteiger partial charge in [0.1, 0.15) is 12.0 Å². The van der Waals surface area contributed by atoms with Crippen LogP contribution < -0.4 is 11.4 Å². The van der Waals surface area contributed by atoms with Crippen molar-refractivity contribution < 1.29 is 47.0 Å². The molecule has 1 aromatic rings. The van der Waals surface area contributed by atoms with Crippen LogP contribution in [0.2, 0.25) is 0 Å². The van der Waals surface area contributed by atoms with Gasteiger partial charge in [-0.25, -0.2) is 18.2 Å². The minimum absolute atomic E-state index is 0.00736. The van der Waals surface area contributed by atoms with Gasteiger partial charge in [-0.05, 0) is 18.9 Å². The average Bonchev–Trinajstić information content (AvgIpc) is 2.50. The minimum Gasteiger partial charge on any atom is -0.383 e. The average molecular weight is 510 g/mol. The SMILES string of the molecule is C=C(Cl)C(C=CP(=O)(O)OP(=O)(O)OP(=O)(O)O)CCC(O)n1ccc(N)nc1=O. The normalized spacial score (nSPS) is 18.5. The number of hydrogen-bond donors (Lipinski definition) is 6. The molecule has 0 aliphatic rings. The van der Waals surface area contributed by atoms with Gasteiger partial charge in [-0.2, -0.15) is 9.29 Å². The van der Waals surface area contributed by atoms with Crippen LogP contribution in [0.15, 0.2) is 40.6 Å². The zero-order valence-corrected chi connectivity index (χ0v) is 18.4. The monoisotopic (exact) mass is 509 g/mol. The van der Waals surface area contributed by atoms with Crippen molar-refractivity contribution in [1.29, 1.82) is 0 Å². The second-order valence-corrected chi connectivity index (χ2v) is 10.8. The molecule has 0 fully saturated rings. The highest BCUT2D eigenvalue weighted by Gasteiger charge is 2.38. The first-order valence-corrected chi connectivity index (χ1v) is 12.8. The fraction of sp³-hybridized carbons (Fsp3) is 0.333. The predicted octanol–water partition coefficient (Wildman–Crippen LogP) is 1.39. The van der Waals surface area contributed by atoms with Gasteiger partial charge in [0.25, 0.3) is 0 Å². The Morgan fingerprint density at radius 1 is 1.27 bits per heavy atom. The van der Waals surface area contributed by atoms with Crippen LogP contribution in [0.1, 0.15) is 19.1 Å². The first-order valence-electron chi connectivity index (χ1n) is 7.71. The summed E-state index contributed by atoms with van der Waals surface area (Å²) >= 11 is 5.81. The number of hydrogen-bond acceptors (Lipinski definition) is 9. The highest BCUT2D eigenvalue weighted by Crippen LogP contribution is 2.66. The molecule has 0 radical (unpaired) electrons. The van der Waals surface area contributed by atoms with E-state index in [-0.39, 0.29) is 23.7 Å². The van der Waals surface area contributed by atoms with Crippen LogP contribution in [0.4, 0.5) is 5.82 Å². The summed E-state index contributed by atoms with van der Waals surface area (Å²) in [5.41, 5.74) is 4.54. The molecule has 0 aliphatic heterocycles. The third kappa shape index (κ3) is 9.78. The second kappa shape index (κ2) is 10.4. The molecule has 18 heteroatoms. The number of anilines is 1. The summed E-state index contributed by atoms with van der Waals surface area (Å²) in [5.74, 6) is -0.481. The molecule has 0 aliphatic carbocycles. The highest BCUT2D eigenvalue weighted by atomic mass is 35.5. The van der Waals surface area contributed by atoms with Crippen LogP contribution in [-0.2, 0) is 22.3 Å². The first-order chi connectivity index (χ1) is 13.5. The number of nitrogen functional groups attached to an aromatic ring is 1. The van der Waals surface area contributed by atoms with Crippen molar-refractivity contribution in [3.8, 4) is 0 Å². The summed E-state index contributed by atoms with van der Waals surface area (Å²) in [6, 6.07) is 1.29. The summed E-state index contributed by atoms with van der Waals surface area (Å²) in [7, 11) is -16.1. The number of allylic oxidation sites excluding steroid dienone is 2. The van der Waals surface area contributed by atoms with Crippen LogP contribution in [0.5, 0.6) is 0 Å². The summed E-state index contributed by atoms with van der Waals surface area (Å²) in [4.78, 5) is 50.9. The van der Waals surface area contributed by atoms with Crippen molar-refractivity contribution in [2.75, 3.05) is 5.73 Å². The van der Waals surface area contributed by atoms with Gasteiger partial charge in [0.2, 0.25) is 0 Å². The Labute approximate surface area is 174 Å². The molecular weight excluding hydrogens is 491 g/mol. The van der Waals surface area contributed by atoms with Crippen LogP contribution in [-0.4, -0.2) is 34.2 Å². The van der Waals surface area contributed by atoms with Gasteiger partial charge in [-0.15, -0.1) is 0 Å². The molecule has 4 atom stereocenters. The van der Waals surface area contributed by atoms with Crippen LogP contribution in [0.3, 0.4) is 0 Å². The number of halogens is 1. The third-order valence-corrected chi connectivity index (χ3v) is 7.51. The predicted molar refractivity (Wildman–Crippen MR) is 105 cm³/mol. The Balaban J connectivity index is 2.85. The first kappa shape index (κ1) is 26.9. The molecule has 1 heterocycles. The number of aliphatic hydroxyl groups excluding tert-OH is 1. The van der Waals surface area contributed by atoms with E-state index in [1.54, 1.807) is 0 Å². The van der Waals surface area contributed by atoms with Crippen LogP contribution >= 0.6 is 34.8 Å². The second-order valence-electron chi connectivity index (χ2n) is 5.68. The maximum absolute atomic E-state index is 11.9. The van der Waals surface area contributed by atoms with E-state index in [9.17, 15) is 28.5 Å². The van der Waals surface area contributed by atoms with Crippen molar-refractivity contribution in [1.82, 2.24) is 9.55 Å². The lowest BCUT2D eigenvalue weighted by atomic mass is 10.0. The molecule has 0 bridgehead atoms. The summed E-state index contributed by atoms with van der Waals surface area (Å²) in [5, 5.41) is 10.1. The molecule has 1 aromatic heterocycles. The number of aliphatic hydroxyl groups is 1. The zero-order chi connectivity index (χ0) is 23.3. The number of rotatable bonds is 11. The Morgan fingerprint density at radius 3 is 2.37 bits per heavy atom. The van der Waals surface area contributed by atoms with Crippen molar-refractivity contribution in [3.05, 3.63) is 46.3 Å². The molecule has 0 spiro atoms. The molecule has 7 N–H and O–H groups in total. The van der Waals surface area contributed by atoms with Gasteiger partial charge in [0.15, 0.2) is 0 Å². The third-order valence-electron chi connectivity index (χ3n) is 3.25. The van der Waals surface area contributed by atoms with Crippen molar-refractivity contribution in [2.24, 2.45) is 5.92 Å². The number of nitrogens with two attached hydrogens (primary N) is 1. The summed E-state index contributed by atoms with van der Waals surface area (Å²) < 4.78 is 42.0. The van der Waals surface area contributed by atoms with E-state index in [0.717, 1.165) is 10.6 Å². The van der Waals surface area contributed by atoms with E-state index < -0.39 is 41.1 Å². The van der Waals surface area contributed by atoms with Crippen molar-refractivity contribution >= 4 is 40.7 Å². The van der Waals surface area contributed by atoms with Gasteiger partial charge in [0, 0.05) is 23.0 Å². The van der Waals surface area contributed by atoms with E-state index in [4.69, 9.17) is 32.0 Å². The van der Waals surface area contributed by atoms with E-state index in [1.165, 1.54) is 12.3 Å². The lowest BCUT2D eigenvalue weighted by molar-refractivity contribution is 0.0851. The topological polar surface area (TPSA) is 232 Å². The lowest BCUT2D eigenvalue weighted by Crippen LogP contribution is -2.27. The van der Waals surface area contributed by atoms with Crippen LogP contribution in [0.25, 0.3) is 0 Å². The fourth-order valence-corrected chi connectivity index (χ4v) is 5.49.